The lowest BCUT2D eigenvalue weighted by atomic mass is 10.1. The second kappa shape index (κ2) is 8.49. The van der Waals surface area contributed by atoms with Gasteiger partial charge >= 0.3 is 0 Å². The first-order valence-corrected chi connectivity index (χ1v) is 14.0. The average molecular weight is 516 g/mol. The summed E-state index contributed by atoms with van der Waals surface area (Å²) in [6.45, 7) is 2.87. The van der Waals surface area contributed by atoms with Crippen LogP contribution in [0.2, 0.25) is 5.02 Å². The molecule has 0 N–H and O–H groups in total. The number of aromatic nitrogens is 2. The largest absolute Gasteiger partial charge is 0.269 e. The molecule has 0 bridgehead atoms. The molecule has 1 saturated heterocycles. The maximum Gasteiger partial charge on any atom is 0.269 e. The first-order chi connectivity index (χ1) is 16.2. The Morgan fingerprint density at radius 1 is 0.882 bits per heavy atom. The van der Waals surface area contributed by atoms with Crippen LogP contribution in [0.4, 0.5) is 0 Å². The van der Waals surface area contributed by atoms with Gasteiger partial charge in [0.05, 0.1) is 14.8 Å². The first-order valence-electron chi connectivity index (χ1n) is 10.8. The number of benzene rings is 2. The van der Waals surface area contributed by atoms with Crippen LogP contribution in [-0.2, 0) is 20.0 Å². The average Bonchev–Trinajstić information content (AvgIpc) is 3.49. The molecule has 3 heterocycles. The molecule has 0 amide bonds. The van der Waals surface area contributed by atoms with Gasteiger partial charge in [0, 0.05) is 36.4 Å². The van der Waals surface area contributed by atoms with Gasteiger partial charge in [-0.2, -0.15) is 4.31 Å². The molecule has 10 heteroatoms. The number of hydrogen-bond donors (Lipinski definition) is 0. The Morgan fingerprint density at radius 3 is 2.29 bits per heavy atom. The maximum absolute atomic E-state index is 13.5. The lowest BCUT2D eigenvalue weighted by Gasteiger charge is -2.16. The molecule has 0 spiro atoms. The highest BCUT2D eigenvalue weighted by Gasteiger charge is 2.28. The monoisotopic (exact) mass is 515 g/mol. The molecule has 34 heavy (non-hydrogen) atoms. The van der Waals surface area contributed by atoms with Crippen LogP contribution in [0.15, 0.2) is 76.8 Å². The van der Waals surface area contributed by atoms with E-state index in [1.807, 2.05) is 6.92 Å². The summed E-state index contributed by atoms with van der Waals surface area (Å²) < 4.78 is 55.8. The molecule has 1 aliphatic rings. The minimum Gasteiger partial charge on any atom is -0.237 e. The second-order valence-electron chi connectivity index (χ2n) is 8.29. The van der Waals surface area contributed by atoms with Gasteiger partial charge in [0.1, 0.15) is 0 Å². The molecule has 1 aliphatic heterocycles. The number of aryl methyl sites for hydroxylation is 1. The summed E-state index contributed by atoms with van der Waals surface area (Å²) in [7, 11) is -7.61. The summed E-state index contributed by atoms with van der Waals surface area (Å²) in [5.74, 6) is 0. The lowest BCUT2D eigenvalue weighted by molar-refractivity contribution is 0.477. The van der Waals surface area contributed by atoms with Crippen molar-refractivity contribution in [3.63, 3.8) is 0 Å². The number of sulfonamides is 1. The smallest absolute Gasteiger partial charge is 0.237 e. The van der Waals surface area contributed by atoms with E-state index in [1.165, 1.54) is 16.7 Å². The van der Waals surface area contributed by atoms with E-state index >= 15 is 0 Å². The molecular formula is C24H22ClN3O4S2. The number of halogens is 1. The predicted molar refractivity (Wildman–Crippen MR) is 132 cm³/mol. The number of pyridine rings is 1. The minimum atomic E-state index is -3.97. The molecule has 176 valence electrons. The number of rotatable bonds is 5. The van der Waals surface area contributed by atoms with Gasteiger partial charge in [0.15, 0.2) is 5.65 Å². The molecule has 0 unspecified atom stereocenters. The third-order valence-electron chi connectivity index (χ3n) is 6.03. The zero-order valence-electron chi connectivity index (χ0n) is 18.3. The third-order valence-corrected chi connectivity index (χ3v) is 9.90. The highest BCUT2D eigenvalue weighted by atomic mass is 35.5. The molecule has 7 nitrogen and oxygen atoms in total. The Morgan fingerprint density at radius 2 is 1.59 bits per heavy atom. The van der Waals surface area contributed by atoms with Gasteiger partial charge in [-0.15, -0.1) is 0 Å². The van der Waals surface area contributed by atoms with Crippen molar-refractivity contribution in [2.24, 2.45) is 0 Å². The lowest BCUT2D eigenvalue weighted by Crippen LogP contribution is -2.27. The molecule has 0 atom stereocenters. The molecule has 1 fully saturated rings. The Kier molecular flexibility index (Phi) is 5.76. The summed E-state index contributed by atoms with van der Waals surface area (Å²) in [5.41, 5.74) is 2.14. The topological polar surface area (TPSA) is 89.3 Å². The molecule has 2 aromatic heterocycles. The molecular weight excluding hydrogens is 494 g/mol. The summed E-state index contributed by atoms with van der Waals surface area (Å²) in [6, 6.07) is 14.6. The van der Waals surface area contributed by atoms with Crippen molar-refractivity contribution in [2.45, 2.75) is 29.6 Å². The molecule has 4 aromatic rings. The molecule has 2 aromatic carbocycles. The third kappa shape index (κ3) is 3.82. The van der Waals surface area contributed by atoms with E-state index in [4.69, 9.17) is 11.6 Å². The Hall–Kier alpha value is -2.72. The van der Waals surface area contributed by atoms with Crippen molar-refractivity contribution >= 4 is 42.7 Å². The van der Waals surface area contributed by atoms with E-state index in [-0.39, 0.29) is 15.4 Å². The summed E-state index contributed by atoms with van der Waals surface area (Å²) >= 11 is 6.50. The van der Waals surface area contributed by atoms with Gasteiger partial charge in [-0.05, 0) is 55.7 Å². The number of hydrogen-bond acceptors (Lipinski definition) is 5. The highest BCUT2D eigenvalue weighted by Crippen LogP contribution is 2.37. The van der Waals surface area contributed by atoms with Crippen molar-refractivity contribution in [3.8, 4) is 11.1 Å². The number of fused-ring (bicyclic) bond motifs is 1. The fourth-order valence-electron chi connectivity index (χ4n) is 4.21. The van der Waals surface area contributed by atoms with Gasteiger partial charge in [-0.25, -0.2) is 25.8 Å². The van der Waals surface area contributed by atoms with E-state index in [1.54, 1.807) is 54.6 Å². The van der Waals surface area contributed by atoms with Crippen LogP contribution in [0.25, 0.3) is 22.2 Å². The highest BCUT2D eigenvalue weighted by molar-refractivity contribution is 7.90. The van der Waals surface area contributed by atoms with Gasteiger partial charge in [-0.3, -0.25) is 0 Å². The van der Waals surface area contributed by atoms with Gasteiger partial charge in [0.25, 0.3) is 10.0 Å². The fraction of sp³-hybridized carbons (Fsp3) is 0.208. The van der Waals surface area contributed by atoms with Crippen LogP contribution in [0.3, 0.4) is 0 Å². The Bertz CT molecular complexity index is 1610. The van der Waals surface area contributed by atoms with Crippen molar-refractivity contribution in [3.05, 3.63) is 77.6 Å². The van der Waals surface area contributed by atoms with Crippen molar-refractivity contribution in [1.29, 1.82) is 0 Å². The number of nitrogens with zero attached hydrogens (tertiary/aromatic N) is 3. The van der Waals surface area contributed by atoms with Crippen LogP contribution in [0, 0.1) is 6.92 Å². The van der Waals surface area contributed by atoms with Crippen molar-refractivity contribution in [1.82, 2.24) is 13.3 Å². The minimum absolute atomic E-state index is 0.119. The zero-order chi connectivity index (χ0) is 24.1. The van der Waals surface area contributed by atoms with Gasteiger partial charge in [0.2, 0.25) is 10.0 Å². The molecule has 0 saturated carbocycles. The first kappa shape index (κ1) is 23.0. The van der Waals surface area contributed by atoms with Crippen LogP contribution in [0.5, 0.6) is 0 Å². The van der Waals surface area contributed by atoms with Crippen molar-refractivity contribution in [2.75, 3.05) is 13.1 Å². The summed E-state index contributed by atoms with van der Waals surface area (Å²) in [5, 5.41) is 0.765. The quantitative estimate of drug-likeness (QED) is 0.385. The van der Waals surface area contributed by atoms with Crippen LogP contribution >= 0.6 is 11.6 Å². The van der Waals surface area contributed by atoms with Crippen LogP contribution < -0.4 is 0 Å². The predicted octanol–water partition coefficient (Wildman–Crippen LogP) is 4.69. The van der Waals surface area contributed by atoms with Crippen LogP contribution in [-0.4, -0.2) is 43.2 Å². The van der Waals surface area contributed by atoms with Crippen LogP contribution in [0.1, 0.15) is 18.4 Å². The molecule has 0 radical (unpaired) electrons. The van der Waals surface area contributed by atoms with E-state index in [2.05, 4.69) is 4.98 Å². The maximum atomic E-state index is 13.5. The molecule has 0 aliphatic carbocycles. The Labute approximate surface area is 203 Å². The van der Waals surface area contributed by atoms with E-state index < -0.39 is 20.0 Å². The van der Waals surface area contributed by atoms with Gasteiger partial charge < -0.3 is 0 Å². The van der Waals surface area contributed by atoms with E-state index in [9.17, 15) is 16.8 Å². The fourth-order valence-corrected chi connectivity index (χ4v) is 7.34. The normalized spacial score (nSPS) is 15.2. The van der Waals surface area contributed by atoms with Crippen molar-refractivity contribution < 1.29 is 16.8 Å². The van der Waals surface area contributed by atoms with Gasteiger partial charge in [-0.1, -0.05) is 41.4 Å². The van der Waals surface area contributed by atoms with E-state index in [0.717, 1.165) is 22.4 Å². The Balaban J connectivity index is 1.70. The van der Waals surface area contributed by atoms with E-state index in [0.29, 0.717) is 34.6 Å². The second-order valence-corrected chi connectivity index (χ2v) is 12.4. The molecule has 5 rings (SSSR count). The SMILES string of the molecule is Cc1ccc(S(=O)(=O)n2cc(-c3cccc(S(=O)(=O)N4CCCC4)c3)c3c(Cl)ccnc32)cc1. The summed E-state index contributed by atoms with van der Waals surface area (Å²) in [6.07, 6.45) is 4.58. The standard InChI is InChI=1S/C24H22ClN3O4S2/c1-17-7-9-19(10-8-17)34(31,32)28-16-21(23-22(25)11-12-26-24(23)28)18-5-4-6-20(15-18)33(29,30)27-13-2-3-14-27/h4-12,15-16H,2-3,13-14H2,1H3. The zero-order valence-corrected chi connectivity index (χ0v) is 20.7. The summed E-state index contributed by atoms with van der Waals surface area (Å²) in [4.78, 5) is 4.59.